The van der Waals surface area contributed by atoms with Gasteiger partial charge in [0, 0.05) is 18.2 Å². The first-order chi connectivity index (χ1) is 9.82. The molecule has 1 aliphatic heterocycles. The largest absolute Gasteiger partial charge is 0.496 e. The average molecular weight is 312 g/mol. The van der Waals surface area contributed by atoms with Crippen molar-refractivity contribution in [1.82, 2.24) is 4.90 Å². The summed E-state index contributed by atoms with van der Waals surface area (Å²) in [5.74, 6) is 0.465. The lowest BCUT2D eigenvalue weighted by molar-refractivity contribution is -0.131. The Labute approximate surface area is 124 Å². The molecular formula is C14H20N2O4S. The van der Waals surface area contributed by atoms with Gasteiger partial charge in [0.05, 0.1) is 18.4 Å². The van der Waals surface area contributed by atoms with Gasteiger partial charge in [0.25, 0.3) is 0 Å². The lowest BCUT2D eigenvalue weighted by Crippen LogP contribution is -2.34. The quantitative estimate of drug-likeness (QED) is 0.894. The SMILES string of the molecule is COc1ccc(S(N)(=O)=O)cc1CC(=O)N1CCCC1C. The first-order valence-corrected chi connectivity index (χ1v) is 8.36. The fourth-order valence-electron chi connectivity index (χ4n) is 2.64. The van der Waals surface area contributed by atoms with Gasteiger partial charge in [0.15, 0.2) is 0 Å². The highest BCUT2D eigenvalue weighted by atomic mass is 32.2. The number of nitrogens with two attached hydrogens (primary N) is 1. The second kappa shape index (κ2) is 6.03. The molecule has 0 bridgehead atoms. The summed E-state index contributed by atoms with van der Waals surface area (Å²) in [5.41, 5.74) is 0.535. The Bertz CT molecular complexity index is 642. The van der Waals surface area contributed by atoms with E-state index in [0.29, 0.717) is 11.3 Å². The summed E-state index contributed by atoms with van der Waals surface area (Å²) < 4.78 is 28.0. The molecular weight excluding hydrogens is 292 g/mol. The van der Waals surface area contributed by atoms with Gasteiger partial charge in [-0.3, -0.25) is 4.79 Å². The fraction of sp³-hybridized carbons (Fsp3) is 0.500. The van der Waals surface area contributed by atoms with Crippen molar-refractivity contribution in [3.63, 3.8) is 0 Å². The number of nitrogens with zero attached hydrogens (tertiary/aromatic N) is 1. The molecule has 1 saturated heterocycles. The Balaban J connectivity index is 2.27. The Kier molecular flexibility index (Phi) is 4.53. The van der Waals surface area contributed by atoms with Crippen molar-refractivity contribution in [2.75, 3.05) is 13.7 Å². The number of likely N-dealkylation sites (tertiary alicyclic amines) is 1. The monoisotopic (exact) mass is 312 g/mol. The molecule has 1 unspecified atom stereocenters. The summed E-state index contributed by atoms with van der Waals surface area (Å²) >= 11 is 0. The molecule has 1 heterocycles. The molecule has 6 nitrogen and oxygen atoms in total. The number of benzene rings is 1. The highest BCUT2D eigenvalue weighted by molar-refractivity contribution is 7.89. The van der Waals surface area contributed by atoms with Crippen LogP contribution < -0.4 is 9.88 Å². The van der Waals surface area contributed by atoms with Gasteiger partial charge in [-0.25, -0.2) is 13.6 Å². The normalized spacial score (nSPS) is 18.8. The Morgan fingerprint density at radius 3 is 2.71 bits per heavy atom. The second-order valence-corrected chi connectivity index (χ2v) is 6.84. The van der Waals surface area contributed by atoms with Crippen LogP contribution in [0.3, 0.4) is 0 Å². The van der Waals surface area contributed by atoms with Crippen LogP contribution in [0.25, 0.3) is 0 Å². The van der Waals surface area contributed by atoms with E-state index < -0.39 is 10.0 Å². The number of rotatable bonds is 4. The number of hydrogen-bond donors (Lipinski definition) is 1. The summed E-state index contributed by atoms with van der Waals surface area (Å²) in [6, 6.07) is 4.54. The maximum atomic E-state index is 12.3. The van der Waals surface area contributed by atoms with Crippen LogP contribution in [0.1, 0.15) is 25.3 Å². The van der Waals surface area contributed by atoms with Crippen LogP contribution in [0.15, 0.2) is 23.1 Å². The van der Waals surface area contributed by atoms with Gasteiger partial charge in [-0.05, 0) is 38.0 Å². The highest BCUT2D eigenvalue weighted by Crippen LogP contribution is 2.24. The molecule has 0 aromatic heterocycles. The zero-order valence-electron chi connectivity index (χ0n) is 12.2. The van der Waals surface area contributed by atoms with Crippen molar-refractivity contribution in [2.24, 2.45) is 5.14 Å². The highest BCUT2D eigenvalue weighted by Gasteiger charge is 2.26. The van der Waals surface area contributed by atoms with E-state index >= 15 is 0 Å². The molecule has 0 aliphatic carbocycles. The first-order valence-electron chi connectivity index (χ1n) is 6.82. The lowest BCUT2D eigenvalue weighted by Gasteiger charge is -2.22. The molecule has 2 N–H and O–H groups in total. The predicted octanol–water partition coefficient (Wildman–Crippen LogP) is 0.896. The van der Waals surface area contributed by atoms with Gasteiger partial charge in [-0.2, -0.15) is 0 Å². The molecule has 21 heavy (non-hydrogen) atoms. The topological polar surface area (TPSA) is 89.7 Å². The number of sulfonamides is 1. The average Bonchev–Trinajstić information content (AvgIpc) is 2.84. The van der Waals surface area contributed by atoms with E-state index in [2.05, 4.69) is 0 Å². The molecule has 1 aromatic rings. The van der Waals surface area contributed by atoms with Crippen molar-refractivity contribution in [1.29, 1.82) is 0 Å². The lowest BCUT2D eigenvalue weighted by atomic mass is 10.1. The van der Waals surface area contributed by atoms with Crippen LogP contribution in [-0.2, 0) is 21.2 Å². The molecule has 1 aromatic carbocycles. The summed E-state index contributed by atoms with van der Waals surface area (Å²) in [7, 11) is -2.31. The van der Waals surface area contributed by atoms with Gasteiger partial charge in [0.2, 0.25) is 15.9 Å². The van der Waals surface area contributed by atoms with Crippen molar-refractivity contribution >= 4 is 15.9 Å². The number of ether oxygens (including phenoxy) is 1. The van der Waals surface area contributed by atoms with Crippen LogP contribution in [-0.4, -0.2) is 38.9 Å². The van der Waals surface area contributed by atoms with Crippen molar-refractivity contribution in [2.45, 2.75) is 37.1 Å². The van der Waals surface area contributed by atoms with Crippen LogP contribution in [0, 0.1) is 0 Å². The van der Waals surface area contributed by atoms with Crippen LogP contribution in [0.4, 0.5) is 0 Å². The third kappa shape index (κ3) is 3.54. The van der Waals surface area contributed by atoms with Gasteiger partial charge in [0.1, 0.15) is 5.75 Å². The molecule has 2 rings (SSSR count). The molecule has 1 fully saturated rings. The number of methoxy groups -OCH3 is 1. The second-order valence-electron chi connectivity index (χ2n) is 5.27. The maximum Gasteiger partial charge on any atom is 0.238 e. The smallest absolute Gasteiger partial charge is 0.238 e. The summed E-state index contributed by atoms with van der Waals surface area (Å²) in [6.07, 6.45) is 2.11. The van der Waals surface area contributed by atoms with E-state index in [1.165, 1.54) is 25.3 Å². The molecule has 1 amide bonds. The maximum absolute atomic E-state index is 12.3. The van der Waals surface area contributed by atoms with E-state index in [1.807, 2.05) is 11.8 Å². The van der Waals surface area contributed by atoms with E-state index in [1.54, 1.807) is 0 Å². The minimum Gasteiger partial charge on any atom is -0.496 e. The van der Waals surface area contributed by atoms with Gasteiger partial charge in [-0.15, -0.1) is 0 Å². The number of carbonyl (C=O) groups is 1. The minimum atomic E-state index is -3.80. The number of hydrogen-bond acceptors (Lipinski definition) is 4. The molecule has 7 heteroatoms. The fourth-order valence-corrected chi connectivity index (χ4v) is 3.20. The third-order valence-electron chi connectivity index (χ3n) is 3.80. The Morgan fingerprint density at radius 2 is 2.19 bits per heavy atom. The van der Waals surface area contributed by atoms with Crippen molar-refractivity contribution < 1.29 is 17.9 Å². The van der Waals surface area contributed by atoms with Crippen molar-refractivity contribution in [3.8, 4) is 5.75 Å². The Morgan fingerprint density at radius 1 is 1.48 bits per heavy atom. The number of amides is 1. The van der Waals surface area contributed by atoms with Gasteiger partial charge in [-0.1, -0.05) is 0 Å². The van der Waals surface area contributed by atoms with Gasteiger partial charge < -0.3 is 9.64 Å². The molecule has 0 spiro atoms. The zero-order chi connectivity index (χ0) is 15.6. The van der Waals surface area contributed by atoms with Crippen LogP contribution in [0.5, 0.6) is 5.75 Å². The molecule has 1 atom stereocenters. The molecule has 116 valence electrons. The van der Waals surface area contributed by atoms with E-state index in [4.69, 9.17) is 9.88 Å². The molecule has 0 saturated carbocycles. The first kappa shape index (κ1) is 15.8. The molecule has 1 aliphatic rings. The molecule has 0 radical (unpaired) electrons. The zero-order valence-corrected chi connectivity index (χ0v) is 13.0. The summed E-state index contributed by atoms with van der Waals surface area (Å²) in [5, 5.41) is 5.13. The van der Waals surface area contributed by atoms with E-state index in [9.17, 15) is 13.2 Å². The summed E-state index contributed by atoms with van der Waals surface area (Å²) in [4.78, 5) is 14.2. The number of primary sulfonamides is 1. The van der Waals surface area contributed by atoms with Crippen molar-refractivity contribution in [3.05, 3.63) is 23.8 Å². The Hall–Kier alpha value is -1.60. The van der Waals surface area contributed by atoms with Gasteiger partial charge >= 0.3 is 0 Å². The number of carbonyl (C=O) groups excluding carboxylic acids is 1. The third-order valence-corrected chi connectivity index (χ3v) is 4.71. The standard InChI is InChI=1S/C14H20N2O4S/c1-10-4-3-7-16(10)14(17)9-11-8-12(21(15,18)19)5-6-13(11)20-2/h5-6,8,10H,3-4,7,9H2,1-2H3,(H2,15,18,19). The van der Waals surface area contributed by atoms with E-state index in [-0.39, 0.29) is 23.3 Å². The van der Waals surface area contributed by atoms with Crippen LogP contribution in [0.2, 0.25) is 0 Å². The minimum absolute atomic E-state index is 0.0134. The summed E-state index contributed by atoms with van der Waals surface area (Å²) in [6.45, 7) is 2.76. The van der Waals surface area contributed by atoms with E-state index in [0.717, 1.165) is 19.4 Å². The van der Waals surface area contributed by atoms with Crippen LogP contribution >= 0.6 is 0 Å². The predicted molar refractivity (Wildman–Crippen MR) is 78.5 cm³/mol.